The van der Waals surface area contributed by atoms with Crippen LogP contribution in [0.4, 0.5) is 17.2 Å². The van der Waals surface area contributed by atoms with Gasteiger partial charge >= 0.3 is 5.69 Å². The summed E-state index contributed by atoms with van der Waals surface area (Å²) >= 11 is 0. The average molecular weight is 467 g/mol. The van der Waals surface area contributed by atoms with Gasteiger partial charge < -0.3 is 11.5 Å². The van der Waals surface area contributed by atoms with E-state index in [0.717, 1.165) is 0 Å². The second kappa shape index (κ2) is 9.59. The zero-order valence-electron chi connectivity index (χ0n) is 16.5. The van der Waals surface area contributed by atoms with Crippen molar-refractivity contribution in [3.8, 4) is 0 Å². The minimum Gasteiger partial charge on any atom is -0.399 e. The molecule has 166 valence electrons. The molecule has 0 aliphatic carbocycles. The molecule has 2 aromatic carbocycles. The lowest BCUT2D eigenvalue weighted by Crippen LogP contribution is -2.24. The van der Waals surface area contributed by atoms with Gasteiger partial charge in [0.25, 0.3) is 10.0 Å². The van der Waals surface area contributed by atoms with Crippen molar-refractivity contribution < 1.29 is 16.8 Å². The van der Waals surface area contributed by atoms with Gasteiger partial charge in [-0.05, 0) is 61.5 Å². The number of nitrogens with two attached hydrogens (primary N) is 3. The Morgan fingerprint density at radius 1 is 0.871 bits per heavy atom. The van der Waals surface area contributed by atoms with Gasteiger partial charge in [0.15, 0.2) is 0 Å². The highest BCUT2D eigenvalue weighted by atomic mass is 32.2. The van der Waals surface area contributed by atoms with E-state index in [2.05, 4.69) is 9.71 Å². The Morgan fingerprint density at radius 2 is 1.35 bits per heavy atom. The van der Waals surface area contributed by atoms with E-state index in [0.29, 0.717) is 17.9 Å². The molecule has 0 saturated heterocycles. The quantitative estimate of drug-likeness (QED) is 0.392. The van der Waals surface area contributed by atoms with Gasteiger partial charge in [0, 0.05) is 24.1 Å². The number of rotatable bonds is 5. The smallest absolute Gasteiger partial charge is 0.349 e. The SMILES string of the molecule is CCn1ccc(NS(=O)(=O)c2ccc(N)cc2)nc1=O.Nc1ccc(S(N)(=O)=O)cc1. The summed E-state index contributed by atoms with van der Waals surface area (Å²) in [6.45, 7) is 2.26. The van der Waals surface area contributed by atoms with Crippen molar-refractivity contribution in [2.75, 3.05) is 16.2 Å². The summed E-state index contributed by atoms with van der Waals surface area (Å²) < 4.78 is 49.1. The summed E-state index contributed by atoms with van der Waals surface area (Å²) in [5.41, 5.74) is 11.3. The first-order chi connectivity index (χ1) is 14.4. The van der Waals surface area contributed by atoms with Crippen LogP contribution in [0.3, 0.4) is 0 Å². The zero-order chi connectivity index (χ0) is 23.2. The fraction of sp³-hybridized carbons (Fsp3) is 0.111. The minimum atomic E-state index is -3.78. The number of primary sulfonamides is 1. The minimum absolute atomic E-state index is 0.0171. The Kier molecular flexibility index (Phi) is 7.38. The maximum absolute atomic E-state index is 12.1. The van der Waals surface area contributed by atoms with Crippen molar-refractivity contribution >= 4 is 37.2 Å². The monoisotopic (exact) mass is 466 g/mol. The van der Waals surface area contributed by atoms with Crippen molar-refractivity contribution in [2.45, 2.75) is 23.3 Å². The van der Waals surface area contributed by atoms with Gasteiger partial charge in [-0.25, -0.2) is 26.8 Å². The van der Waals surface area contributed by atoms with Crippen LogP contribution in [0.2, 0.25) is 0 Å². The molecule has 1 heterocycles. The van der Waals surface area contributed by atoms with E-state index in [1.165, 1.54) is 65.4 Å². The molecule has 0 bridgehead atoms. The van der Waals surface area contributed by atoms with Crippen molar-refractivity contribution in [2.24, 2.45) is 5.14 Å². The van der Waals surface area contributed by atoms with Crippen molar-refractivity contribution in [1.82, 2.24) is 9.55 Å². The van der Waals surface area contributed by atoms with Gasteiger partial charge in [-0.15, -0.1) is 0 Å². The van der Waals surface area contributed by atoms with E-state index in [-0.39, 0.29) is 15.6 Å². The van der Waals surface area contributed by atoms with Gasteiger partial charge in [0.1, 0.15) is 5.82 Å². The summed E-state index contributed by atoms with van der Waals surface area (Å²) in [6.07, 6.45) is 1.48. The highest BCUT2D eigenvalue weighted by molar-refractivity contribution is 7.92. The molecule has 0 radical (unpaired) electrons. The van der Waals surface area contributed by atoms with Crippen molar-refractivity contribution in [1.29, 1.82) is 0 Å². The Balaban J connectivity index is 0.000000262. The first-order valence-electron chi connectivity index (χ1n) is 8.76. The van der Waals surface area contributed by atoms with Crippen LogP contribution in [-0.2, 0) is 26.6 Å². The first kappa shape index (κ1) is 23.9. The lowest BCUT2D eigenvalue weighted by Gasteiger charge is -2.08. The molecule has 0 saturated carbocycles. The molecule has 0 aliphatic heterocycles. The van der Waals surface area contributed by atoms with Gasteiger partial charge in [-0.1, -0.05) is 0 Å². The van der Waals surface area contributed by atoms with Crippen LogP contribution in [0.1, 0.15) is 6.92 Å². The lowest BCUT2D eigenvalue weighted by molar-refractivity contribution is 0.597. The van der Waals surface area contributed by atoms with E-state index in [1.807, 2.05) is 0 Å². The number of benzene rings is 2. The fourth-order valence-electron chi connectivity index (χ4n) is 2.23. The van der Waals surface area contributed by atoms with Crippen LogP contribution in [-0.4, -0.2) is 26.4 Å². The third-order valence-corrected chi connectivity index (χ3v) is 6.15. The molecule has 0 atom stereocenters. The molecule has 13 heteroatoms. The maximum atomic E-state index is 12.1. The van der Waals surface area contributed by atoms with Gasteiger partial charge in [-0.2, -0.15) is 4.98 Å². The number of aryl methyl sites for hydroxylation is 1. The van der Waals surface area contributed by atoms with E-state index in [4.69, 9.17) is 16.6 Å². The fourth-order valence-corrected chi connectivity index (χ4v) is 3.74. The van der Waals surface area contributed by atoms with Crippen LogP contribution < -0.4 is 27.0 Å². The number of sulfonamides is 2. The molecule has 0 spiro atoms. The predicted molar refractivity (Wildman–Crippen MR) is 118 cm³/mol. The van der Waals surface area contributed by atoms with Gasteiger partial charge in [0.05, 0.1) is 9.79 Å². The molecule has 0 fully saturated rings. The average Bonchev–Trinajstić information content (AvgIpc) is 2.68. The molecular formula is C18H22N6O5S2. The number of hydrogen-bond donors (Lipinski definition) is 4. The van der Waals surface area contributed by atoms with Crippen LogP contribution >= 0.6 is 0 Å². The standard InChI is InChI=1S/C12H14N4O3S.C6H8N2O2S/c1-2-16-8-7-11(14-12(16)17)15-20(18,19)10-5-3-9(13)4-6-10;7-5-1-3-6(4-2-5)11(8,9)10/h3-8H,2,13H2,1H3,(H,14,15,17);1-4H,7H2,(H2,8,9,10). The number of nitrogen functional groups attached to an aromatic ring is 2. The second-order valence-electron chi connectivity index (χ2n) is 6.17. The Morgan fingerprint density at radius 3 is 1.77 bits per heavy atom. The van der Waals surface area contributed by atoms with Gasteiger partial charge in [0.2, 0.25) is 10.0 Å². The van der Waals surface area contributed by atoms with E-state index in [9.17, 15) is 21.6 Å². The Labute approximate surface area is 179 Å². The number of anilines is 3. The van der Waals surface area contributed by atoms with E-state index in [1.54, 1.807) is 6.92 Å². The summed E-state index contributed by atoms with van der Waals surface area (Å²) in [6, 6.07) is 12.9. The normalized spacial score (nSPS) is 11.3. The molecule has 0 unspecified atom stereocenters. The summed E-state index contributed by atoms with van der Waals surface area (Å²) in [5, 5.41) is 4.84. The van der Waals surface area contributed by atoms with Crippen LogP contribution in [0.25, 0.3) is 0 Å². The first-order valence-corrected chi connectivity index (χ1v) is 11.8. The zero-order valence-corrected chi connectivity index (χ0v) is 18.1. The molecule has 1 aromatic heterocycles. The Bertz CT molecular complexity index is 1300. The third kappa shape index (κ3) is 6.80. The molecule has 3 aromatic rings. The number of nitrogens with zero attached hydrogens (tertiary/aromatic N) is 2. The number of hydrogen-bond acceptors (Lipinski definition) is 8. The molecule has 3 rings (SSSR count). The van der Waals surface area contributed by atoms with Crippen molar-refractivity contribution in [3.05, 3.63) is 71.3 Å². The Hall–Kier alpha value is -3.42. The summed E-state index contributed by atoms with van der Waals surface area (Å²) in [5.74, 6) is -0.0171. The molecular weight excluding hydrogens is 444 g/mol. The molecule has 0 amide bonds. The van der Waals surface area contributed by atoms with Crippen LogP contribution in [0, 0.1) is 0 Å². The van der Waals surface area contributed by atoms with Crippen LogP contribution in [0.15, 0.2) is 75.4 Å². The number of aromatic nitrogens is 2. The molecule has 31 heavy (non-hydrogen) atoms. The summed E-state index contributed by atoms with van der Waals surface area (Å²) in [4.78, 5) is 15.3. The maximum Gasteiger partial charge on any atom is 0.349 e. The van der Waals surface area contributed by atoms with E-state index >= 15 is 0 Å². The third-order valence-electron chi connectivity index (χ3n) is 3.85. The largest absolute Gasteiger partial charge is 0.399 e. The molecule has 0 aliphatic rings. The predicted octanol–water partition coefficient (Wildman–Crippen LogP) is 0.562. The highest BCUT2D eigenvalue weighted by Gasteiger charge is 2.15. The summed E-state index contributed by atoms with van der Waals surface area (Å²) in [7, 11) is -7.36. The second-order valence-corrected chi connectivity index (χ2v) is 9.41. The van der Waals surface area contributed by atoms with Crippen molar-refractivity contribution in [3.63, 3.8) is 0 Å². The molecule has 11 nitrogen and oxygen atoms in total. The number of nitrogens with one attached hydrogen (secondary N) is 1. The van der Waals surface area contributed by atoms with E-state index < -0.39 is 25.7 Å². The van der Waals surface area contributed by atoms with Gasteiger partial charge in [-0.3, -0.25) is 9.29 Å². The van der Waals surface area contributed by atoms with Crippen LogP contribution in [0.5, 0.6) is 0 Å². The molecule has 7 N–H and O–H groups in total. The topological polar surface area (TPSA) is 193 Å². The lowest BCUT2D eigenvalue weighted by atomic mass is 10.3. The highest BCUT2D eigenvalue weighted by Crippen LogP contribution is 2.15.